The molecule has 0 amide bonds. The maximum atomic E-state index is 11.5. The quantitative estimate of drug-likeness (QED) is 0.805. The van der Waals surface area contributed by atoms with Crippen molar-refractivity contribution in [3.8, 4) is 0 Å². The van der Waals surface area contributed by atoms with E-state index in [-0.39, 0.29) is 5.92 Å². The Morgan fingerprint density at radius 2 is 2.19 bits per heavy atom. The number of carbonyl (C=O) groups is 2. The Morgan fingerprint density at radius 3 is 2.62 bits per heavy atom. The number of carboxylic acids is 1. The summed E-state index contributed by atoms with van der Waals surface area (Å²) >= 11 is 1.24. The van der Waals surface area contributed by atoms with Gasteiger partial charge in [-0.25, -0.2) is 9.59 Å². The van der Waals surface area contributed by atoms with Crippen molar-refractivity contribution >= 4 is 23.3 Å². The Hall–Kier alpha value is -1.36. The number of esters is 1. The van der Waals surface area contributed by atoms with Crippen LogP contribution in [0.25, 0.3) is 0 Å². The molecule has 4 nitrogen and oxygen atoms in total. The van der Waals surface area contributed by atoms with Gasteiger partial charge in [-0.05, 0) is 23.8 Å². The van der Waals surface area contributed by atoms with Gasteiger partial charge in [0.05, 0.1) is 0 Å². The third kappa shape index (κ3) is 3.66. The molecule has 0 fully saturated rings. The van der Waals surface area contributed by atoms with Crippen molar-refractivity contribution in [2.75, 3.05) is 0 Å². The molecule has 5 heteroatoms. The van der Waals surface area contributed by atoms with Gasteiger partial charge in [-0.2, -0.15) is 0 Å². The van der Waals surface area contributed by atoms with Gasteiger partial charge in [-0.3, -0.25) is 0 Å². The number of carbonyl (C=O) groups excluding carboxylic acids is 1. The summed E-state index contributed by atoms with van der Waals surface area (Å²) in [6, 6.07) is 3.33. The third-order valence-corrected chi connectivity index (χ3v) is 2.78. The fourth-order valence-corrected chi connectivity index (χ4v) is 1.81. The average molecular weight is 242 g/mol. The van der Waals surface area contributed by atoms with E-state index in [1.54, 1.807) is 17.5 Å². The minimum atomic E-state index is -1.10. The molecule has 1 aromatic rings. The molecule has 0 saturated carbocycles. The van der Waals surface area contributed by atoms with Gasteiger partial charge in [0.25, 0.3) is 0 Å². The summed E-state index contributed by atoms with van der Waals surface area (Å²) in [5.74, 6) is -1.50. The van der Waals surface area contributed by atoms with Gasteiger partial charge in [0.2, 0.25) is 0 Å². The molecule has 0 aliphatic rings. The Balaban J connectivity index is 2.62. The zero-order valence-electron chi connectivity index (χ0n) is 9.17. The van der Waals surface area contributed by atoms with Gasteiger partial charge < -0.3 is 9.84 Å². The Morgan fingerprint density at radius 1 is 1.50 bits per heavy atom. The van der Waals surface area contributed by atoms with Crippen molar-refractivity contribution in [3.63, 3.8) is 0 Å². The highest BCUT2D eigenvalue weighted by Gasteiger charge is 2.24. The SMILES string of the molecule is CC(C)C[C@@H](OC(=O)c1cccs1)C(=O)O. The van der Waals surface area contributed by atoms with Crippen LogP contribution in [-0.2, 0) is 9.53 Å². The summed E-state index contributed by atoms with van der Waals surface area (Å²) in [5, 5.41) is 10.6. The molecule has 1 rings (SSSR count). The summed E-state index contributed by atoms with van der Waals surface area (Å²) in [7, 11) is 0. The minimum absolute atomic E-state index is 0.164. The second-order valence-electron chi connectivity index (χ2n) is 3.84. The van der Waals surface area contributed by atoms with E-state index in [1.165, 1.54) is 11.3 Å². The van der Waals surface area contributed by atoms with Crippen LogP contribution in [0.5, 0.6) is 0 Å². The standard InChI is InChI=1S/C11H14O4S/c1-7(2)6-8(10(12)13)15-11(14)9-4-3-5-16-9/h3-5,7-8H,6H2,1-2H3,(H,12,13)/t8-/m1/s1. The first kappa shape index (κ1) is 12.7. The van der Waals surface area contributed by atoms with Crippen molar-refractivity contribution in [3.05, 3.63) is 22.4 Å². The topological polar surface area (TPSA) is 63.6 Å². The predicted molar refractivity (Wildman–Crippen MR) is 60.6 cm³/mol. The van der Waals surface area contributed by atoms with Crippen LogP contribution in [0, 0.1) is 5.92 Å². The largest absolute Gasteiger partial charge is 0.479 e. The van der Waals surface area contributed by atoms with E-state index >= 15 is 0 Å². The molecule has 1 atom stereocenters. The Labute approximate surface area is 97.9 Å². The lowest BCUT2D eigenvalue weighted by Crippen LogP contribution is -2.28. The van der Waals surface area contributed by atoms with Crippen LogP contribution in [0.2, 0.25) is 0 Å². The normalized spacial score (nSPS) is 12.4. The van der Waals surface area contributed by atoms with Gasteiger partial charge in [0, 0.05) is 0 Å². The first-order valence-electron chi connectivity index (χ1n) is 4.98. The van der Waals surface area contributed by atoms with E-state index < -0.39 is 18.0 Å². The number of hydrogen-bond donors (Lipinski definition) is 1. The molecule has 0 saturated heterocycles. The fraction of sp³-hybridized carbons (Fsp3) is 0.455. The van der Waals surface area contributed by atoms with Crippen LogP contribution in [0.15, 0.2) is 17.5 Å². The molecule has 0 radical (unpaired) electrons. The molecule has 1 aromatic heterocycles. The van der Waals surface area contributed by atoms with Gasteiger partial charge in [0.15, 0.2) is 6.10 Å². The lowest BCUT2D eigenvalue weighted by Gasteiger charge is -2.14. The monoisotopic (exact) mass is 242 g/mol. The van der Waals surface area contributed by atoms with Gasteiger partial charge in [-0.1, -0.05) is 19.9 Å². The summed E-state index contributed by atoms with van der Waals surface area (Å²) < 4.78 is 4.94. The van der Waals surface area contributed by atoms with E-state index in [0.717, 1.165) is 0 Å². The van der Waals surface area contributed by atoms with E-state index in [1.807, 2.05) is 13.8 Å². The van der Waals surface area contributed by atoms with Gasteiger partial charge in [0.1, 0.15) is 4.88 Å². The number of hydrogen-bond acceptors (Lipinski definition) is 4. The number of aliphatic carboxylic acids is 1. The highest BCUT2D eigenvalue weighted by Crippen LogP contribution is 2.14. The zero-order chi connectivity index (χ0) is 12.1. The molecular formula is C11H14O4S. The molecule has 0 aliphatic heterocycles. The van der Waals surface area contributed by atoms with Crippen LogP contribution in [-0.4, -0.2) is 23.1 Å². The number of carboxylic acid groups (broad SMARTS) is 1. The molecule has 1 N–H and O–H groups in total. The molecular weight excluding hydrogens is 228 g/mol. The minimum Gasteiger partial charge on any atom is -0.479 e. The highest BCUT2D eigenvalue weighted by atomic mass is 32.1. The molecule has 16 heavy (non-hydrogen) atoms. The maximum absolute atomic E-state index is 11.5. The van der Waals surface area contributed by atoms with Gasteiger partial charge >= 0.3 is 11.9 Å². The smallest absolute Gasteiger partial charge is 0.349 e. The molecule has 0 unspecified atom stereocenters. The molecule has 0 aliphatic carbocycles. The molecule has 0 spiro atoms. The summed E-state index contributed by atoms with van der Waals surface area (Å²) in [5.41, 5.74) is 0. The van der Waals surface area contributed by atoms with Crippen molar-refractivity contribution in [1.82, 2.24) is 0 Å². The zero-order valence-corrected chi connectivity index (χ0v) is 9.99. The van der Waals surface area contributed by atoms with Crippen molar-refractivity contribution in [2.45, 2.75) is 26.4 Å². The fourth-order valence-electron chi connectivity index (χ4n) is 1.21. The predicted octanol–water partition coefficient (Wildman–Crippen LogP) is 2.40. The van der Waals surface area contributed by atoms with E-state index in [0.29, 0.717) is 11.3 Å². The third-order valence-electron chi connectivity index (χ3n) is 1.93. The highest BCUT2D eigenvalue weighted by molar-refractivity contribution is 7.11. The van der Waals surface area contributed by atoms with Crippen LogP contribution in [0.3, 0.4) is 0 Å². The van der Waals surface area contributed by atoms with E-state index in [9.17, 15) is 9.59 Å². The van der Waals surface area contributed by atoms with Crippen molar-refractivity contribution in [1.29, 1.82) is 0 Å². The summed E-state index contributed by atoms with van der Waals surface area (Å²) in [6.45, 7) is 3.77. The molecule has 88 valence electrons. The van der Waals surface area contributed by atoms with E-state index in [4.69, 9.17) is 9.84 Å². The maximum Gasteiger partial charge on any atom is 0.349 e. The summed E-state index contributed by atoms with van der Waals surface area (Å²) in [4.78, 5) is 22.8. The van der Waals surface area contributed by atoms with Crippen LogP contribution >= 0.6 is 11.3 Å². The van der Waals surface area contributed by atoms with Crippen LogP contribution < -0.4 is 0 Å². The van der Waals surface area contributed by atoms with Gasteiger partial charge in [-0.15, -0.1) is 11.3 Å². The second kappa shape index (κ2) is 5.65. The first-order chi connectivity index (χ1) is 7.50. The first-order valence-corrected chi connectivity index (χ1v) is 5.86. The molecule has 1 heterocycles. The van der Waals surface area contributed by atoms with E-state index in [2.05, 4.69) is 0 Å². The molecule has 0 bridgehead atoms. The van der Waals surface area contributed by atoms with Crippen LogP contribution in [0.4, 0.5) is 0 Å². The second-order valence-corrected chi connectivity index (χ2v) is 4.79. The average Bonchev–Trinajstić information content (AvgIpc) is 2.68. The Kier molecular flexibility index (Phi) is 4.49. The Bertz CT molecular complexity index is 356. The van der Waals surface area contributed by atoms with Crippen molar-refractivity contribution in [2.24, 2.45) is 5.92 Å². The summed E-state index contributed by atoms with van der Waals surface area (Å²) in [6.07, 6.45) is -0.735. The number of ether oxygens (including phenoxy) is 1. The molecule has 0 aromatic carbocycles. The lowest BCUT2D eigenvalue weighted by molar-refractivity contribution is -0.148. The number of rotatable bonds is 5. The lowest BCUT2D eigenvalue weighted by atomic mass is 10.1. The number of thiophene rings is 1. The van der Waals surface area contributed by atoms with Crippen LogP contribution in [0.1, 0.15) is 29.9 Å². The van der Waals surface area contributed by atoms with Crippen molar-refractivity contribution < 1.29 is 19.4 Å².